The van der Waals surface area contributed by atoms with E-state index in [1.807, 2.05) is 11.3 Å². The highest BCUT2D eigenvalue weighted by Gasteiger charge is 2.16. The standard InChI is InChI=1S/C16H18INS/c1-11(18-14-8-4-3-7-13(14)17)16-10-12-6-2-5-9-15(12)19-16/h3-4,7-8,10-11,18H,2,5-6,9H2,1H3. The number of anilines is 1. The molecule has 1 aromatic carbocycles. The van der Waals surface area contributed by atoms with Crippen LogP contribution in [0.25, 0.3) is 0 Å². The Labute approximate surface area is 132 Å². The van der Waals surface area contributed by atoms with Crippen molar-refractivity contribution in [1.82, 2.24) is 0 Å². The molecule has 0 aliphatic heterocycles. The summed E-state index contributed by atoms with van der Waals surface area (Å²) in [6.07, 6.45) is 5.30. The molecule has 3 rings (SSSR count). The monoisotopic (exact) mass is 383 g/mol. The van der Waals surface area contributed by atoms with Crippen LogP contribution >= 0.6 is 33.9 Å². The van der Waals surface area contributed by atoms with Gasteiger partial charge in [0.1, 0.15) is 0 Å². The summed E-state index contributed by atoms with van der Waals surface area (Å²) in [5, 5.41) is 3.64. The third kappa shape index (κ3) is 2.97. The molecule has 1 aliphatic carbocycles. The molecule has 0 bridgehead atoms. The summed E-state index contributed by atoms with van der Waals surface area (Å²) in [6, 6.07) is 11.3. The largest absolute Gasteiger partial charge is 0.377 e. The Morgan fingerprint density at radius 2 is 2.00 bits per heavy atom. The molecule has 0 spiro atoms. The predicted molar refractivity (Wildman–Crippen MR) is 92.2 cm³/mol. The number of benzene rings is 1. The molecule has 19 heavy (non-hydrogen) atoms. The lowest BCUT2D eigenvalue weighted by Crippen LogP contribution is -2.05. The minimum atomic E-state index is 0.395. The van der Waals surface area contributed by atoms with Crippen molar-refractivity contribution < 1.29 is 0 Å². The fourth-order valence-corrected chi connectivity index (χ4v) is 4.41. The molecule has 3 heteroatoms. The van der Waals surface area contributed by atoms with E-state index in [0.29, 0.717) is 6.04 Å². The molecule has 0 saturated carbocycles. The van der Waals surface area contributed by atoms with E-state index in [1.165, 1.54) is 39.8 Å². The van der Waals surface area contributed by atoms with Crippen LogP contribution in [0.3, 0.4) is 0 Å². The lowest BCUT2D eigenvalue weighted by Gasteiger charge is -2.15. The molecule has 100 valence electrons. The highest BCUT2D eigenvalue weighted by Crippen LogP contribution is 2.34. The number of halogens is 1. The van der Waals surface area contributed by atoms with E-state index in [2.05, 4.69) is 65.2 Å². The molecule has 1 N–H and O–H groups in total. The molecule has 1 aromatic heterocycles. The predicted octanol–water partition coefficient (Wildman–Crippen LogP) is 5.40. The highest BCUT2D eigenvalue weighted by molar-refractivity contribution is 14.1. The average molecular weight is 383 g/mol. The van der Waals surface area contributed by atoms with E-state index < -0.39 is 0 Å². The van der Waals surface area contributed by atoms with Gasteiger partial charge in [0, 0.05) is 19.0 Å². The molecule has 0 radical (unpaired) electrons. The van der Waals surface area contributed by atoms with Crippen molar-refractivity contribution in [2.75, 3.05) is 5.32 Å². The van der Waals surface area contributed by atoms with Crippen molar-refractivity contribution in [2.24, 2.45) is 0 Å². The number of nitrogens with one attached hydrogen (secondary N) is 1. The third-order valence-electron chi connectivity index (χ3n) is 3.69. The van der Waals surface area contributed by atoms with Crippen LogP contribution in [0, 0.1) is 3.57 Å². The molecule has 1 atom stereocenters. The number of aryl methyl sites for hydroxylation is 2. The van der Waals surface area contributed by atoms with Crippen molar-refractivity contribution in [2.45, 2.75) is 38.6 Å². The first kappa shape index (κ1) is 13.4. The molecule has 0 amide bonds. The number of hydrogen-bond acceptors (Lipinski definition) is 2. The third-order valence-corrected chi connectivity index (χ3v) is 6.05. The van der Waals surface area contributed by atoms with Gasteiger partial charge in [-0.05, 0) is 79.0 Å². The quantitative estimate of drug-likeness (QED) is 0.700. The number of rotatable bonds is 3. The molecule has 1 heterocycles. The van der Waals surface area contributed by atoms with Crippen LogP contribution in [0.15, 0.2) is 30.3 Å². The minimum Gasteiger partial charge on any atom is -0.377 e. The minimum absolute atomic E-state index is 0.395. The molecular formula is C16H18INS. The van der Waals surface area contributed by atoms with Crippen molar-refractivity contribution in [3.8, 4) is 0 Å². The Morgan fingerprint density at radius 1 is 1.21 bits per heavy atom. The summed E-state index contributed by atoms with van der Waals surface area (Å²) in [7, 11) is 0. The number of thiophene rings is 1. The molecule has 1 aliphatic rings. The van der Waals surface area contributed by atoms with Crippen LogP contribution in [0.4, 0.5) is 5.69 Å². The van der Waals surface area contributed by atoms with Gasteiger partial charge in [-0.15, -0.1) is 11.3 Å². The van der Waals surface area contributed by atoms with Crippen molar-refractivity contribution >= 4 is 39.6 Å². The van der Waals surface area contributed by atoms with Gasteiger partial charge in [-0.2, -0.15) is 0 Å². The Hall–Kier alpha value is -0.550. The van der Waals surface area contributed by atoms with Gasteiger partial charge in [0.15, 0.2) is 0 Å². The maximum absolute atomic E-state index is 3.64. The van der Waals surface area contributed by atoms with Gasteiger partial charge in [-0.3, -0.25) is 0 Å². The van der Waals surface area contributed by atoms with Crippen LogP contribution in [0.2, 0.25) is 0 Å². The first-order chi connectivity index (χ1) is 9.24. The molecule has 2 aromatic rings. The number of para-hydroxylation sites is 1. The van der Waals surface area contributed by atoms with E-state index in [1.54, 1.807) is 10.4 Å². The Bertz CT molecular complexity index is 552. The van der Waals surface area contributed by atoms with Crippen LogP contribution < -0.4 is 5.32 Å². The van der Waals surface area contributed by atoms with E-state index in [4.69, 9.17) is 0 Å². The van der Waals surface area contributed by atoms with Crippen molar-refractivity contribution in [1.29, 1.82) is 0 Å². The van der Waals surface area contributed by atoms with E-state index in [0.717, 1.165) is 0 Å². The SMILES string of the molecule is CC(Nc1ccccc1I)c1cc2c(s1)CCCC2. The van der Waals surface area contributed by atoms with Gasteiger partial charge < -0.3 is 5.32 Å². The summed E-state index contributed by atoms with van der Waals surface area (Å²) in [5.74, 6) is 0. The van der Waals surface area contributed by atoms with E-state index in [9.17, 15) is 0 Å². The smallest absolute Gasteiger partial charge is 0.0579 e. The maximum atomic E-state index is 3.64. The van der Waals surface area contributed by atoms with E-state index in [-0.39, 0.29) is 0 Å². The van der Waals surface area contributed by atoms with Gasteiger partial charge in [-0.1, -0.05) is 12.1 Å². The first-order valence-corrected chi connectivity index (χ1v) is 8.76. The van der Waals surface area contributed by atoms with Crippen LogP contribution in [-0.2, 0) is 12.8 Å². The van der Waals surface area contributed by atoms with Crippen LogP contribution in [0.1, 0.15) is 41.1 Å². The van der Waals surface area contributed by atoms with Gasteiger partial charge >= 0.3 is 0 Å². The second kappa shape index (κ2) is 5.83. The lowest BCUT2D eigenvalue weighted by atomic mass is 9.99. The maximum Gasteiger partial charge on any atom is 0.0579 e. The average Bonchev–Trinajstić information content (AvgIpc) is 2.85. The van der Waals surface area contributed by atoms with Crippen LogP contribution in [0.5, 0.6) is 0 Å². The zero-order valence-electron chi connectivity index (χ0n) is 11.1. The summed E-state index contributed by atoms with van der Waals surface area (Å²) in [6.45, 7) is 2.26. The second-order valence-corrected chi connectivity index (χ2v) is 7.48. The Morgan fingerprint density at radius 3 is 2.79 bits per heavy atom. The molecule has 0 saturated heterocycles. The number of hydrogen-bond donors (Lipinski definition) is 1. The summed E-state index contributed by atoms with van der Waals surface area (Å²) in [5.41, 5.74) is 2.84. The normalized spacial score (nSPS) is 15.9. The zero-order chi connectivity index (χ0) is 13.2. The van der Waals surface area contributed by atoms with Crippen molar-refractivity contribution in [3.05, 3.63) is 49.2 Å². The molecule has 1 unspecified atom stereocenters. The molecular weight excluding hydrogens is 365 g/mol. The Kier molecular flexibility index (Phi) is 4.12. The second-order valence-electron chi connectivity index (χ2n) is 5.15. The van der Waals surface area contributed by atoms with Gasteiger partial charge in [0.05, 0.1) is 6.04 Å². The first-order valence-electron chi connectivity index (χ1n) is 6.86. The van der Waals surface area contributed by atoms with Crippen LogP contribution in [-0.4, -0.2) is 0 Å². The van der Waals surface area contributed by atoms with Crippen molar-refractivity contribution in [3.63, 3.8) is 0 Å². The number of fused-ring (bicyclic) bond motifs is 1. The fourth-order valence-electron chi connectivity index (χ4n) is 2.61. The summed E-state index contributed by atoms with van der Waals surface area (Å²) < 4.78 is 1.29. The lowest BCUT2D eigenvalue weighted by molar-refractivity contribution is 0.696. The van der Waals surface area contributed by atoms with E-state index >= 15 is 0 Å². The topological polar surface area (TPSA) is 12.0 Å². The van der Waals surface area contributed by atoms with Gasteiger partial charge in [0.2, 0.25) is 0 Å². The van der Waals surface area contributed by atoms with Gasteiger partial charge in [0.25, 0.3) is 0 Å². The van der Waals surface area contributed by atoms with Gasteiger partial charge in [-0.25, -0.2) is 0 Å². The molecule has 1 nitrogen and oxygen atoms in total. The fraction of sp³-hybridized carbons (Fsp3) is 0.375. The Balaban J connectivity index is 1.79. The highest BCUT2D eigenvalue weighted by atomic mass is 127. The zero-order valence-corrected chi connectivity index (χ0v) is 14.1. The molecule has 0 fully saturated rings. The summed E-state index contributed by atoms with van der Waals surface area (Å²) >= 11 is 4.39. The summed E-state index contributed by atoms with van der Waals surface area (Å²) in [4.78, 5) is 3.10.